The van der Waals surface area contributed by atoms with E-state index in [2.05, 4.69) is 25.2 Å². The summed E-state index contributed by atoms with van der Waals surface area (Å²) in [6, 6.07) is 2.04. The van der Waals surface area contributed by atoms with E-state index in [1.54, 1.807) is 11.8 Å². The van der Waals surface area contributed by atoms with Gasteiger partial charge in [-0.3, -0.25) is 10.1 Å². The molecule has 0 radical (unpaired) electrons. The molecule has 0 bridgehead atoms. The molecule has 0 aromatic rings. The molecule has 1 aliphatic rings. The van der Waals surface area contributed by atoms with Crippen LogP contribution in [0.4, 0.5) is 0 Å². The molecule has 1 amide bonds. The van der Waals surface area contributed by atoms with Crippen LogP contribution in [0.5, 0.6) is 0 Å². The van der Waals surface area contributed by atoms with E-state index in [1.807, 2.05) is 4.90 Å². The summed E-state index contributed by atoms with van der Waals surface area (Å²) < 4.78 is 0. The Morgan fingerprint density at radius 2 is 2.44 bits per heavy atom. The van der Waals surface area contributed by atoms with Crippen LogP contribution >= 0.6 is 11.8 Å². The van der Waals surface area contributed by atoms with Crippen LogP contribution in [-0.4, -0.2) is 41.6 Å². The Morgan fingerprint density at radius 1 is 1.69 bits per heavy atom. The zero-order valence-electron chi connectivity index (χ0n) is 9.90. The number of hydrogen-bond donors (Lipinski definition) is 1. The summed E-state index contributed by atoms with van der Waals surface area (Å²) in [6.07, 6.45) is 0.415. The highest BCUT2D eigenvalue weighted by molar-refractivity contribution is 7.99. The van der Waals surface area contributed by atoms with Crippen LogP contribution in [-0.2, 0) is 4.79 Å². The maximum Gasteiger partial charge on any atom is 0.240 e. The Morgan fingerprint density at radius 3 is 2.94 bits per heavy atom. The van der Waals surface area contributed by atoms with Crippen LogP contribution in [0, 0.1) is 17.2 Å². The average molecular weight is 241 g/mol. The van der Waals surface area contributed by atoms with Gasteiger partial charge in [-0.2, -0.15) is 5.26 Å². The highest BCUT2D eigenvalue weighted by Gasteiger charge is 2.27. The summed E-state index contributed by atoms with van der Waals surface area (Å²) in [7, 11) is 0. The highest BCUT2D eigenvalue weighted by Crippen LogP contribution is 2.13. The molecule has 1 aliphatic heterocycles. The zero-order chi connectivity index (χ0) is 12.0. The number of nitrogens with one attached hydrogen (secondary N) is 1. The third-order valence-corrected chi connectivity index (χ3v) is 3.34. The molecule has 5 heteroatoms. The summed E-state index contributed by atoms with van der Waals surface area (Å²) in [5.74, 6) is 2.29. The first-order valence-electron chi connectivity index (χ1n) is 5.62. The average Bonchev–Trinajstić information content (AvgIpc) is 2.76. The third-order valence-electron chi connectivity index (χ3n) is 2.41. The minimum Gasteiger partial charge on any atom is -0.340 e. The lowest BCUT2D eigenvalue weighted by Gasteiger charge is -2.26. The first-order chi connectivity index (χ1) is 7.65. The second-order valence-corrected chi connectivity index (χ2v) is 5.39. The molecule has 1 rings (SSSR count). The van der Waals surface area contributed by atoms with Gasteiger partial charge < -0.3 is 4.90 Å². The summed E-state index contributed by atoms with van der Waals surface area (Å²) in [6.45, 7) is 5.46. The monoisotopic (exact) mass is 241 g/mol. The van der Waals surface area contributed by atoms with Crippen LogP contribution < -0.4 is 5.32 Å². The van der Waals surface area contributed by atoms with Crippen molar-refractivity contribution in [3.63, 3.8) is 0 Å². The van der Waals surface area contributed by atoms with Gasteiger partial charge in [0.25, 0.3) is 0 Å². The van der Waals surface area contributed by atoms with E-state index in [4.69, 9.17) is 5.26 Å². The number of amides is 1. The van der Waals surface area contributed by atoms with E-state index in [1.165, 1.54) is 0 Å². The van der Waals surface area contributed by atoms with Crippen LogP contribution in [0.25, 0.3) is 0 Å². The molecule has 90 valence electrons. The second-order valence-electron chi connectivity index (χ2n) is 4.36. The zero-order valence-corrected chi connectivity index (χ0v) is 10.7. The predicted molar refractivity (Wildman–Crippen MR) is 65.9 cm³/mol. The van der Waals surface area contributed by atoms with Gasteiger partial charge >= 0.3 is 0 Å². The van der Waals surface area contributed by atoms with Crippen molar-refractivity contribution in [2.45, 2.75) is 26.3 Å². The van der Waals surface area contributed by atoms with Crippen molar-refractivity contribution in [3.05, 3.63) is 0 Å². The van der Waals surface area contributed by atoms with E-state index in [0.29, 0.717) is 18.9 Å². The van der Waals surface area contributed by atoms with Crippen molar-refractivity contribution >= 4 is 17.7 Å². The van der Waals surface area contributed by atoms with E-state index in [9.17, 15) is 4.79 Å². The topological polar surface area (TPSA) is 56.1 Å². The molecule has 16 heavy (non-hydrogen) atoms. The fraction of sp³-hybridized carbons (Fsp3) is 0.818. The fourth-order valence-corrected chi connectivity index (χ4v) is 2.62. The first kappa shape index (κ1) is 13.3. The summed E-state index contributed by atoms with van der Waals surface area (Å²) in [5, 5.41) is 11.8. The van der Waals surface area contributed by atoms with Gasteiger partial charge in [-0.1, -0.05) is 13.8 Å². The molecule has 4 nitrogen and oxygen atoms in total. The molecular formula is C11H19N3OS. The van der Waals surface area contributed by atoms with Gasteiger partial charge in [0.15, 0.2) is 0 Å². The van der Waals surface area contributed by atoms with E-state index < -0.39 is 0 Å². The summed E-state index contributed by atoms with van der Waals surface area (Å²) in [4.78, 5) is 13.9. The second kappa shape index (κ2) is 6.77. The van der Waals surface area contributed by atoms with E-state index in [-0.39, 0.29) is 11.9 Å². The van der Waals surface area contributed by atoms with Crippen LogP contribution in [0.2, 0.25) is 0 Å². The molecule has 0 aliphatic carbocycles. The highest BCUT2D eigenvalue weighted by atomic mass is 32.2. The number of carbonyl (C=O) groups is 1. The maximum absolute atomic E-state index is 12.1. The van der Waals surface area contributed by atoms with Gasteiger partial charge in [-0.15, -0.1) is 11.8 Å². The molecular weight excluding hydrogens is 222 g/mol. The summed E-state index contributed by atoms with van der Waals surface area (Å²) >= 11 is 1.75. The Labute approximate surface area is 101 Å². The quantitative estimate of drug-likeness (QED) is 0.781. The van der Waals surface area contributed by atoms with Crippen molar-refractivity contribution < 1.29 is 4.79 Å². The normalized spacial score (nSPS) is 19.8. The van der Waals surface area contributed by atoms with Crippen molar-refractivity contribution in [1.29, 1.82) is 5.26 Å². The van der Waals surface area contributed by atoms with E-state index >= 15 is 0 Å². The molecule has 0 aromatic carbocycles. The SMILES string of the molecule is CC(C)CN(CCC#N)C(=O)C1CSCN1. The largest absolute Gasteiger partial charge is 0.340 e. The maximum atomic E-state index is 12.1. The molecule has 1 heterocycles. The van der Waals surface area contributed by atoms with Crippen molar-refractivity contribution in [3.8, 4) is 6.07 Å². The number of nitriles is 1. The molecule has 0 spiro atoms. The third kappa shape index (κ3) is 4.03. The number of hydrogen-bond acceptors (Lipinski definition) is 4. The van der Waals surface area contributed by atoms with Crippen LogP contribution in [0.15, 0.2) is 0 Å². The van der Waals surface area contributed by atoms with Crippen LogP contribution in [0.1, 0.15) is 20.3 Å². The Hall–Kier alpha value is -0.730. The Kier molecular flexibility index (Phi) is 5.64. The molecule has 1 fully saturated rings. The van der Waals surface area contributed by atoms with E-state index in [0.717, 1.165) is 18.2 Å². The molecule has 0 saturated carbocycles. The van der Waals surface area contributed by atoms with Crippen molar-refractivity contribution in [2.75, 3.05) is 24.7 Å². The number of nitrogens with zero attached hydrogens (tertiary/aromatic N) is 2. The smallest absolute Gasteiger partial charge is 0.240 e. The fourth-order valence-electron chi connectivity index (χ4n) is 1.69. The first-order valence-corrected chi connectivity index (χ1v) is 6.77. The lowest BCUT2D eigenvalue weighted by Crippen LogP contribution is -2.46. The Balaban J connectivity index is 2.52. The Bertz CT molecular complexity index is 269. The van der Waals surface area contributed by atoms with Crippen molar-refractivity contribution in [1.82, 2.24) is 10.2 Å². The number of thioether (sulfide) groups is 1. The predicted octanol–water partition coefficient (Wildman–Crippen LogP) is 1.05. The van der Waals surface area contributed by atoms with Gasteiger partial charge in [-0.05, 0) is 5.92 Å². The molecule has 0 aromatic heterocycles. The molecule has 1 saturated heterocycles. The lowest BCUT2D eigenvalue weighted by molar-refractivity contribution is -0.133. The van der Waals surface area contributed by atoms with Gasteiger partial charge in [0, 0.05) is 24.7 Å². The van der Waals surface area contributed by atoms with Crippen molar-refractivity contribution in [2.24, 2.45) is 5.92 Å². The number of carbonyl (C=O) groups excluding carboxylic acids is 1. The minimum atomic E-state index is -0.0533. The summed E-state index contributed by atoms with van der Waals surface area (Å²) in [5.41, 5.74) is 0. The molecule has 1 N–H and O–H groups in total. The standard InChI is InChI=1S/C11H19N3OS/c1-9(2)6-14(5-3-4-12)11(15)10-7-16-8-13-10/h9-10,13H,3,5-8H2,1-2H3. The van der Waals surface area contributed by atoms with Gasteiger partial charge in [0.1, 0.15) is 0 Å². The lowest BCUT2D eigenvalue weighted by atomic mass is 10.1. The molecule has 1 unspecified atom stereocenters. The van der Waals surface area contributed by atoms with Gasteiger partial charge in [0.05, 0.1) is 18.5 Å². The molecule has 1 atom stereocenters. The number of rotatable bonds is 5. The van der Waals surface area contributed by atoms with Gasteiger partial charge in [0.2, 0.25) is 5.91 Å². The van der Waals surface area contributed by atoms with Crippen LogP contribution in [0.3, 0.4) is 0 Å². The minimum absolute atomic E-state index is 0.0533. The van der Waals surface area contributed by atoms with Gasteiger partial charge in [-0.25, -0.2) is 0 Å².